The highest BCUT2D eigenvalue weighted by Gasteiger charge is 2.34. The van der Waals surface area contributed by atoms with Crippen LogP contribution in [0.15, 0.2) is 54.4 Å². The summed E-state index contributed by atoms with van der Waals surface area (Å²) >= 11 is 12.5. The summed E-state index contributed by atoms with van der Waals surface area (Å²) in [5.74, 6) is 1.37. The minimum absolute atomic E-state index is 0.290. The molecule has 1 unspecified atom stereocenters. The number of alkyl halides is 3. The number of benzene rings is 2. The van der Waals surface area contributed by atoms with Gasteiger partial charge in [0.25, 0.3) is 0 Å². The average Bonchev–Trinajstić information content (AvgIpc) is 3.38. The normalized spacial score (nSPS) is 16.1. The van der Waals surface area contributed by atoms with Crippen LogP contribution in [0, 0.1) is 0 Å². The maximum atomic E-state index is 13.4. The summed E-state index contributed by atoms with van der Waals surface area (Å²) in [7, 11) is 0. The Morgan fingerprint density at radius 1 is 1.06 bits per heavy atom. The van der Waals surface area contributed by atoms with Crippen LogP contribution in [0.2, 0.25) is 10.0 Å². The first-order valence-corrected chi connectivity index (χ1v) is 11.5. The van der Waals surface area contributed by atoms with Gasteiger partial charge < -0.3 is 9.88 Å². The number of aromatic nitrogens is 4. The van der Waals surface area contributed by atoms with E-state index in [4.69, 9.17) is 28.2 Å². The lowest BCUT2D eigenvalue weighted by atomic mass is 9.94. The van der Waals surface area contributed by atoms with Gasteiger partial charge in [-0.25, -0.2) is 9.67 Å². The predicted molar refractivity (Wildman–Crippen MR) is 128 cm³/mol. The fourth-order valence-corrected chi connectivity index (χ4v) is 4.75. The van der Waals surface area contributed by atoms with E-state index in [1.165, 1.54) is 6.07 Å². The first kappa shape index (κ1) is 22.8. The van der Waals surface area contributed by atoms with Gasteiger partial charge in [0.05, 0.1) is 32.8 Å². The van der Waals surface area contributed by atoms with Crippen molar-refractivity contribution >= 4 is 45.6 Å². The smallest absolute Gasteiger partial charge is 0.344 e. The number of rotatable bonds is 4. The molecule has 0 aliphatic carbocycles. The second-order valence-corrected chi connectivity index (χ2v) is 9.00. The van der Waals surface area contributed by atoms with Gasteiger partial charge in [-0.1, -0.05) is 36.2 Å². The fourth-order valence-electron chi connectivity index (χ4n) is 4.45. The molecule has 10 heteroatoms. The van der Waals surface area contributed by atoms with E-state index >= 15 is 0 Å². The molecule has 1 aliphatic heterocycles. The summed E-state index contributed by atoms with van der Waals surface area (Å²) in [5.41, 5.74) is 2.67. The Balaban J connectivity index is 1.76. The van der Waals surface area contributed by atoms with Gasteiger partial charge >= 0.3 is 6.18 Å². The van der Waals surface area contributed by atoms with E-state index in [0.717, 1.165) is 41.2 Å². The van der Waals surface area contributed by atoms with Crippen molar-refractivity contribution in [3.05, 3.63) is 81.4 Å². The summed E-state index contributed by atoms with van der Waals surface area (Å²) in [6, 6.07) is 10.5. The number of halogens is 5. The van der Waals surface area contributed by atoms with Crippen molar-refractivity contribution in [2.45, 2.75) is 39.0 Å². The molecular formula is C24H20Cl2F3N5. The molecule has 0 saturated heterocycles. The van der Waals surface area contributed by atoms with E-state index in [-0.39, 0.29) is 5.52 Å². The molecule has 2 aromatic carbocycles. The van der Waals surface area contributed by atoms with Crippen molar-refractivity contribution in [3.63, 3.8) is 0 Å². The zero-order valence-corrected chi connectivity index (χ0v) is 19.8. The van der Waals surface area contributed by atoms with Crippen molar-refractivity contribution in [3.8, 4) is 0 Å². The fraction of sp³-hybridized carbons (Fsp3) is 0.250. The number of anilines is 1. The van der Waals surface area contributed by atoms with Gasteiger partial charge in [0.15, 0.2) is 0 Å². The van der Waals surface area contributed by atoms with Crippen LogP contribution in [-0.2, 0) is 12.7 Å². The number of nitrogens with zero attached hydrogens (tertiary/aromatic N) is 4. The third-order valence-corrected chi connectivity index (χ3v) is 6.67. The lowest BCUT2D eigenvalue weighted by Crippen LogP contribution is -2.25. The van der Waals surface area contributed by atoms with Crippen LogP contribution in [0.3, 0.4) is 0 Å². The minimum atomic E-state index is -4.45. The standard InChI is InChI=1S/C24H20Cl2F3N5/c1-3-10-33-19-7-5-15(24(27,28)29)12-18(19)32-23(33)21-13(2)31-20-8-9-30-34(20)22(21)14-4-6-16(25)17(26)11-14/h4-9,11-12,22,31H,3,10H2,1-2H3. The summed E-state index contributed by atoms with van der Waals surface area (Å²) < 4.78 is 43.9. The number of hydrogen-bond donors (Lipinski definition) is 1. The molecule has 2 aromatic heterocycles. The molecule has 1 atom stereocenters. The molecule has 5 rings (SSSR count). The highest BCUT2D eigenvalue weighted by molar-refractivity contribution is 6.42. The van der Waals surface area contributed by atoms with Crippen molar-refractivity contribution < 1.29 is 13.2 Å². The number of imidazole rings is 1. The van der Waals surface area contributed by atoms with E-state index in [2.05, 4.69) is 10.4 Å². The Morgan fingerprint density at radius 3 is 2.56 bits per heavy atom. The average molecular weight is 506 g/mol. The maximum Gasteiger partial charge on any atom is 0.416 e. The van der Waals surface area contributed by atoms with Crippen LogP contribution in [0.25, 0.3) is 16.6 Å². The van der Waals surface area contributed by atoms with Crippen LogP contribution in [0.4, 0.5) is 19.0 Å². The highest BCUT2D eigenvalue weighted by Crippen LogP contribution is 2.43. The molecule has 0 bridgehead atoms. The third kappa shape index (κ3) is 3.75. The monoisotopic (exact) mass is 505 g/mol. The summed E-state index contributed by atoms with van der Waals surface area (Å²) in [6.07, 6.45) is -1.98. The SMILES string of the molecule is CCCn1c(C2=C(C)Nc3ccnn3C2c2ccc(Cl)c(Cl)c2)nc2cc(C(F)(F)F)ccc21. The molecule has 0 spiro atoms. The summed E-state index contributed by atoms with van der Waals surface area (Å²) in [5, 5.41) is 8.70. The van der Waals surface area contributed by atoms with E-state index in [9.17, 15) is 13.2 Å². The highest BCUT2D eigenvalue weighted by atomic mass is 35.5. The number of fused-ring (bicyclic) bond motifs is 2. The van der Waals surface area contributed by atoms with E-state index in [1.807, 2.05) is 35.2 Å². The van der Waals surface area contributed by atoms with E-state index in [0.29, 0.717) is 27.9 Å². The quantitative estimate of drug-likeness (QED) is 0.314. The second-order valence-electron chi connectivity index (χ2n) is 8.19. The largest absolute Gasteiger partial charge is 0.416 e. The zero-order chi connectivity index (χ0) is 24.2. The van der Waals surface area contributed by atoms with Crippen molar-refractivity contribution in [1.82, 2.24) is 19.3 Å². The number of aryl methyl sites for hydroxylation is 1. The molecule has 1 aliphatic rings. The molecule has 0 saturated carbocycles. The van der Waals surface area contributed by atoms with Crippen LogP contribution in [0.5, 0.6) is 0 Å². The third-order valence-electron chi connectivity index (χ3n) is 5.93. The lowest BCUT2D eigenvalue weighted by molar-refractivity contribution is -0.137. The Hall–Kier alpha value is -2.97. The van der Waals surface area contributed by atoms with Crippen molar-refractivity contribution in [1.29, 1.82) is 0 Å². The van der Waals surface area contributed by atoms with Crippen molar-refractivity contribution in [2.75, 3.05) is 5.32 Å². The van der Waals surface area contributed by atoms with E-state index < -0.39 is 17.8 Å². The first-order chi connectivity index (χ1) is 16.2. The molecule has 5 nitrogen and oxygen atoms in total. The predicted octanol–water partition coefficient (Wildman–Crippen LogP) is 7.41. The zero-order valence-electron chi connectivity index (χ0n) is 18.3. The molecule has 4 aromatic rings. The van der Waals surface area contributed by atoms with Crippen LogP contribution < -0.4 is 5.32 Å². The van der Waals surface area contributed by atoms with Gasteiger partial charge in [-0.3, -0.25) is 0 Å². The molecule has 0 fully saturated rings. The molecule has 3 heterocycles. The molecule has 34 heavy (non-hydrogen) atoms. The molecule has 0 amide bonds. The number of allylic oxidation sites excluding steroid dienone is 2. The Labute approximate surface area is 203 Å². The molecule has 0 radical (unpaired) electrons. The van der Waals surface area contributed by atoms with E-state index in [1.54, 1.807) is 18.3 Å². The van der Waals surface area contributed by atoms with Crippen LogP contribution in [0.1, 0.15) is 43.3 Å². The summed E-state index contributed by atoms with van der Waals surface area (Å²) in [6.45, 7) is 4.53. The van der Waals surface area contributed by atoms with Crippen LogP contribution >= 0.6 is 23.2 Å². The van der Waals surface area contributed by atoms with Gasteiger partial charge in [0, 0.05) is 23.9 Å². The molecule has 176 valence electrons. The number of hydrogen-bond acceptors (Lipinski definition) is 3. The topological polar surface area (TPSA) is 47.7 Å². The van der Waals surface area contributed by atoms with Crippen LogP contribution in [-0.4, -0.2) is 19.3 Å². The van der Waals surface area contributed by atoms with Gasteiger partial charge in [-0.2, -0.15) is 18.3 Å². The maximum absolute atomic E-state index is 13.4. The minimum Gasteiger partial charge on any atom is -0.344 e. The van der Waals surface area contributed by atoms with Gasteiger partial charge in [0.1, 0.15) is 17.7 Å². The summed E-state index contributed by atoms with van der Waals surface area (Å²) in [4.78, 5) is 4.72. The Morgan fingerprint density at radius 2 is 1.85 bits per heavy atom. The lowest BCUT2D eigenvalue weighted by Gasteiger charge is -2.30. The first-order valence-electron chi connectivity index (χ1n) is 10.7. The second kappa shape index (κ2) is 8.36. The number of nitrogens with one attached hydrogen (secondary N) is 1. The van der Waals surface area contributed by atoms with Gasteiger partial charge in [-0.05, 0) is 49.2 Å². The van der Waals surface area contributed by atoms with Gasteiger partial charge in [0.2, 0.25) is 0 Å². The van der Waals surface area contributed by atoms with Crippen molar-refractivity contribution in [2.24, 2.45) is 0 Å². The Bertz CT molecular complexity index is 1430. The molecule has 1 N–H and O–H groups in total. The Kier molecular flexibility index (Phi) is 5.61. The van der Waals surface area contributed by atoms with Gasteiger partial charge in [-0.15, -0.1) is 0 Å². The molecular weight excluding hydrogens is 486 g/mol.